The summed E-state index contributed by atoms with van der Waals surface area (Å²) in [7, 11) is 0. The molecule has 0 saturated carbocycles. The van der Waals surface area contributed by atoms with Gasteiger partial charge < -0.3 is 9.73 Å². The topological polar surface area (TPSA) is 59.3 Å². The summed E-state index contributed by atoms with van der Waals surface area (Å²) in [5, 5.41) is 3.38. The number of halogens is 1. The van der Waals surface area contributed by atoms with Gasteiger partial charge in [-0.25, -0.2) is 0 Å². The molecule has 0 radical (unpaired) electrons. The summed E-state index contributed by atoms with van der Waals surface area (Å²) < 4.78 is 4.98. The molecule has 1 heterocycles. The van der Waals surface area contributed by atoms with E-state index in [1.165, 1.54) is 6.26 Å². The van der Waals surface area contributed by atoms with E-state index in [2.05, 4.69) is 5.32 Å². The van der Waals surface area contributed by atoms with Crippen molar-refractivity contribution in [2.24, 2.45) is 0 Å². The molecule has 0 unspecified atom stereocenters. The lowest BCUT2D eigenvalue weighted by atomic mass is 10.1. The quantitative estimate of drug-likeness (QED) is 0.851. The summed E-state index contributed by atoms with van der Waals surface area (Å²) in [6.07, 6.45) is 1.66. The van der Waals surface area contributed by atoms with E-state index in [4.69, 9.17) is 16.0 Å². The summed E-state index contributed by atoms with van der Waals surface area (Å²) in [6, 6.07) is 8.45. The van der Waals surface area contributed by atoms with Crippen LogP contribution in [0.2, 0.25) is 5.02 Å². The van der Waals surface area contributed by atoms with Crippen LogP contribution in [0.25, 0.3) is 0 Å². The molecule has 20 heavy (non-hydrogen) atoms. The number of hydrogen-bond donors (Lipinski definition) is 1. The third kappa shape index (κ3) is 3.71. The van der Waals surface area contributed by atoms with Gasteiger partial charge in [0, 0.05) is 23.6 Å². The number of aryl methyl sites for hydroxylation is 1. The van der Waals surface area contributed by atoms with Crippen molar-refractivity contribution >= 4 is 29.0 Å². The van der Waals surface area contributed by atoms with Crippen molar-refractivity contribution in [3.05, 3.63) is 52.9 Å². The van der Waals surface area contributed by atoms with Gasteiger partial charge in [-0.15, -0.1) is 0 Å². The van der Waals surface area contributed by atoms with Crippen molar-refractivity contribution in [2.75, 3.05) is 5.32 Å². The number of carbonyl (C=O) groups excluding carboxylic acids is 2. The van der Waals surface area contributed by atoms with Gasteiger partial charge in [0.25, 0.3) is 0 Å². The van der Waals surface area contributed by atoms with Gasteiger partial charge in [-0.1, -0.05) is 11.6 Å². The Labute approximate surface area is 121 Å². The molecule has 5 heteroatoms. The van der Waals surface area contributed by atoms with Crippen LogP contribution in [0.3, 0.4) is 0 Å². The molecule has 0 aliphatic carbocycles. The number of hydrogen-bond acceptors (Lipinski definition) is 3. The average molecular weight is 292 g/mol. The van der Waals surface area contributed by atoms with Crippen LogP contribution >= 0.6 is 11.6 Å². The molecule has 0 spiro atoms. The fourth-order valence-electron chi connectivity index (χ4n) is 1.77. The van der Waals surface area contributed by atoms with Crippen LogP contribution in [0.5, 0.6) is 0 Å². The second-order valence-electron chi connectivity index (χ2n) is 4.41. The van der Waals surface area contributed by atoms with E-state index in [0.29, 0.717) is 10.7 Å². The fraction of sp³-hybridized carbons (Fsp3) is 0.200. The number of benzene rings is 1. The minimum atomic E-state index is -0.213. The predicted molar refractivity (Wildman–Crippen MR) is 77.1 cm³/mol. The van der Waals surface area contributed by atoms with E-state index >= 15 is 0 Å². The summed E-state index contributed by atoms with van der Waals surface area (Å²) in [5.74, 6) is -0.117. The Morgan fingerprint density at radius 3 is 2.70 bits per heavy atom. The maximum Gasteiger partial charge on any atom is 0.224 e. The Hall–Kier alpha value is -2.07. The summed E-state index contributed by atoms with van der Waals surface area (Å²) in [6.45, 7) is 1.86. The van der Waals surface area contributed by atoms with Crippen LogP contribution in [0.4, 0.5) is 5.69 Å². The number of amides is 1. The van der Waals surface area contributed by atoms with Gasteiger partial charge in [0.05, 0.1) is 6.26 Å². The Morgan fingerprint density at radius 2 is 2.05 bits per heavy atom. The number of Topliss-reactive ketones (excluding diaryl/α,β-unsaturated/α-hetero) is 1. The highest BCUT2D eigenvalue weighted by Gasteiger charge is 2.12. The van der Waals surface area contributed by atoms with Crippen molar-refractivity contribution in [1.82, 2.24) is 0 Å². The first-order valence-corrected chi connectivity index (χ1v) is 6.57. The highest BCUT2D eigenvalue weighted by atomic mass is 35.5. The minimum Gasteiger partial charge on any atom is -0.461 e. The van der Waals surface area contributed by atoms with Gasteiger partial charge in [-0.3, -0.25) is 9.59 Å². The Bertz CT molecular complexity index is 620. The maximum absolute atomic E-state index is 11.8. The highest BCUT2D eigenvalue weighted by molar-refractivity contribution is 6.30. The van der Waals surface area contributed by atoms with E-state index in [0.717, 1.165) is 5.56 Å². The van der Waals surface area contributed by atoms with E-state index in [-0.39, 0.29) is 30.3 Å². The van der Waals surface area contributed by atoms with Gasteiger partial charge >= 0.3 is 0 Å². The van der Waals surface area contributed by atoms with E-state index < -0.39 is 0 Å². The van der Waals surface area contributed by atoms with Gasteiger partial charge in [-0.05, 0) is 42.8 Å². The standard InChI is InChI=1S/C15H14ClNO3/c1-10-9-11(16)4-5-12(10)17-15(19)7-6-13(18)14-3-2-8-20-14/h2-5,8-9H,6-7H2,1H3,(H,17,19). The zero-order valence-corrected chi connectivity index (χ0v) is 11.7. The van der Waals surface area contributed by atoms with Crippen LogP contribution < -0.4 is 5.32 Å². The molecule has 104 valence electrons. The zero-order chi connectivity index (χ0) is 14.5. The summed E-state index contributed by atoms with van der Waals surface area (Å²) in [4.78, 5) is 23.5. The third-order valence-electron chi connectivity index (χ3n) is 2.84. The second kappa shape index (κ2) is 6.39. The van der Waals surface area contributed by atoms with Crippen LogP contribution in [-0.4, -0.2) is 11.7 Å². The molecule has 2 rings (SSSR count). The fourth-order valence-corrected chi connectivity index (χ4v) is 1.99. The van der Waals surface area contributed by atoms with E-state index in [9.17, 15) is 9.59 Å². The molecule has 1 amide bonds. The minimum absolute atomic E-state index is 0.113. The Balaban J connectivity index is 1.88. The summed E-state index contributed by atoms with van der Waals surface area (Å²) >= 11 is 5.85. The Morgan fingerprint density at radius 1 is 1.25 bits per heavy atom. The molecule has 0 aliphatic heterocycles. The molecule has 0 fully saturated rings. The van der Waals surface area contributed by atoms with E-state index in [1.807, 2.05) is 6.92 Å². The average Bonchev–Trinajstić information content (AvgIpc) is 2.93. The molecule has 0 bridgehead atoms. The molecule has 0 atom stereocenters. The maximum atomic E-state index is 11.8. The molecule has 1 aromatic heterocycles. The zero-order valence-electron chi connectivity index (χ0n) is 11.0. The van der Waals surface area contributed by atoms with Gasteiger partial charge in [0.2, 0.25) is 5.91 Å². The van der Waals surface area contributed by atoms with Crippen LogP contribution in [0.15, 0.2) is 41.0 Å². The van der Waals surface area contributed by atoms with Crippen molar-refractivity contribution in [3.63, 3.8) is 0 Å². The SMILES string of the molecule is Cc1cc(Cl)ccc1NC(=O)CCC(=O)c1ccco1. The molecule has 1 aromatic carbocycles. The molecular formula is C15H14ClNO3. The molecule has 2 aromatic rings. The summed E-state index contributed by atoms with van der Waals surface area (Å²) in [5.41, 5.74) is 1.58. The predicted octanol–water partition coefficient (Wildman–Crippen LogP) is 3.84. The number of carbonyl (C=O) groups is 2. The number of anilines is 1. The lowest BCUT2D eigenvalue weighted by molar-refractivity contribution is -0.116. The van der Waals surface area contributed by atoms with Crippen molar-refractivity contribution in [2.45, 2.75) is 19.8 Å². The number of furan rings is 1. The van der Waals surface area contributed by atoms with Crippen molar-refractivity contribution in [1.29, 1.82) is 0 Å². The van der Waals surface area contributed by atoms with Gasteiger partial charge in [-0.2, -0.15) is 0 Å². The smallest absolute Gasteiger partial charge is 0.224 e. The Kier molecular flexibility index (Phi) is 4.58. The highest BCUT2D eigenvalue weighted by Crippen LogP contribution is 2.20. The second-order valence-corrected chi connectivity index (χ2v) is 4.84. The molecular weight excluding hydrogens is 278 g/mol. The van der Waals surface area contributed by atoms with Gasteiger partial charge in [0.1, 0.15) is 0 Å². The first-order chi connectivity index (χ1) is 9.56. The van der Waals surface area contributed by atoms with Crippen LogP contribution in [0, 0.1) is 6.92 Å². The number of nitrogens with one attached hydrogen (secondary N) is 1. The molecule has 4 nitrogen and oxygen atoms in total. The first-order valence-electron chi connectivity index (χ1n) is 6.19. The molecule has 1 N–H and O–H groups in total. The molecule has 0 aliphatic rings. The lowest BCUT2D eigenvalue weighted by Crippen LogP contribution is -2.14. The lowest BCUT2D eigenvalue weighted by Gasteiger charge is -2.08. The number of ketones is 1. The largest absolute Gasteiger partial charge is 0.461 e. The monoisotopic (exact) mass is 291 g/mol. The van der Waals surface area contributed by atoms with E-state index in [1.54, 1.807) is 30.3 Å². The normalized spacial score (nSPS) is 10.3. The van der Waals surface area contributed by atoms with Gasteiger partial charge in [0.15, 0.2) is 11.5 Å². The van der Waals surface area contributed by atoms with Crippen LogP contribution in [0.1, 0.15) is 29.0 Å². The van der Waals surface area contributed by atoms with Crippen molar-refractivity contribution in [3.8, 4) is 0 Å². The third-order valence-corrected chi connectivity index (χ3v) is 3.07. The first kappa shape index (κ1) is 14.3. The van der Waals surface area contributed by atoms with Crippen molar-refractivity contribution < 1.29 is 14.0 Å². The molecule has 0 saturated heterocycles. The van der Waals surface area contributed by atoms with Crippen LogP contribution in [-0.2, 0) is 4.79 Å². The number of rotatable bonds is 5.